The number of alkyl halides is 2. The van der Waals surface area contributed by atoms with Crippen molar-refractivity contribution in [3.63, 3.8) is 0 Å². The molecule has 1 aromatic carbocycles. The van der Waals surface area contributed by atoms with Gasteiger partial charge in [-0.15, -0.1) is 0 Å². The van der Waals surface area contributed by atoms with Crippen molar-refractivity contribution in [1.29, 1.82) is 10.5 Å². The lowest BCUT2D eigenvalue weighted by atomic mass is 10.3. The first-order valence-corrected chi connectivity index (χ1v) is 5.35. The Morgan fingerprint density at radius 2 is 2.00 bits per heavy atom. The van der Waals surface area contributed by atoms with Crippen molar-refractivity contribution in [1.82, 2.24) is 0 Å². The van der Waals surface area contributed by atoms with Gasteiger partial charge in [-0.05, 0) is 22.0 Å². The molecule has 0 atom stereocenters. The van der Waals surface area contributed by atoms with Gasteiger partial charge < -0.3 is 4.74 Å². The van der Waals surface area contributed by atoms with E-state index >= 15 is 0 Å². The van der Waals surface area contributed by atoms with Crippen LogP contribution in [0, 0.1) is 28.5 Å². The van der Waals surface area contributed by atoms with Crippen molar-refractivity contribution >= 4 is 27.3 Å². The highest BCUT2D eigenvalue weighted by atomic mass is 79.9. The quantitative estimate of drug-likeness (QED) is 0.678. The highest BCUT2D eigenvalue weighted by Crippen LogP contribution is 2.32. The minimum Gasteiger partial charge on any atom is -0.432 e. The Morgan fingerprint density at radius 3 is 2.53 bits per heavy atom. The molecule has 98 valence electrons. The third kappa shape index (κ3) is 4.16. The zero-order valence-corrected chi connectivity index (χ0v) is 10.6. The number of ether oxygens (including phenoxy) is 1. The predicted octanol–water partition coefficient (Wildman–Crippen LogP) is 3.00. The molecule has 1 rings (SSSR count). The molecule has 0 heterocycles. The molecule has 0 saturated heterocycles. The lowest BCUT2D eigenvalue weighted by Gasteiger charge is -2.10. The molecule has 0 amide bonds. The first-order chi connectivity index (χ1) is 8.97. The van der Waals surface area contributed by atoms with Crippen molar-refractivity contribution in [2.75, 3.05) is 5.43 Å². The molecule has 0 aliphatic carbocycles. The minimum atomic E-state index is -3.16. The van der Waals surface area contributed by atoms with Gasteiger partial charge in [-0.1, -0.05) is 0 Å². The topological polar surface area (TPSA) is 81.2 Å². The summed E-state index contributed by atoms with van der Waals surface area (Å²) in [6.07, 6.45) is 0. The first kappa shape index (κ1) is 14.8. The summed E-state index contributed by atoms with van der Waals surface area (Å²) in [5, 5.41) is 20.3. The zero-order chi connectivity index (χ0) is 14.4. The maximum Gasteiger partial charge on any atom is 0.387 e. The van der Waals surface area contributed by atoms with E-state index in [1.165, 1.54) is 12.1 Å². The summed E-state index contributed by atoms with van der Waals surface area (Å²) >= 11 is 2.85. The average molecular weight is 333 g/mol. The summed E-state index contributed by atoms with van der Waals surface area (Å²) < 4.78 is 41.5. The van der Waals surface area contributed by atoms with Crippen LogP contribution in [0.15, 0.2) is 21.7 Å². The van der Waals surface area contributed by atoms with E-state index in [0.717, 1.165) is 6.07 Å². The second kappa shape index (κ2) is 6.61. The lowest BCUT2D eigenvalue weighted by molar-refractivity contribution is -0.0495. The molecule has 5 nitrogen and oxygen atoms in total. The van der Waals surface area contributed by atoms with E-state index in [1.54, 1.807) is 0 Å². The number of nitrogens with one attached hydrogen (secondary N) is 1. The zero-order valence-electron chi connectivity index (χ0n) is 8.99. The van der Waals surface area contributed by atoms with Crippen LogP contribution >= 0.6 is 15.9 Å². The van der Waals surface area contributed by atoms with Crippen molar-refractivity contribution in [3.8, 4) is 17.9 Å². The molecule has 9 heteroatoms. The van der Waals surface area contributed by atoms with Gasteiger partial charge in [0.1, 0.15) is 18.0 Å². The van der Waals surface area contributed by atoms with Crippen LogP contribution in [-0.4, -0.2) is 12.3 Å². The van der Waals surface area contributed by atoms with E-state index in [-0.39, 0.29) is 10.2 Å². The van der Waals surface area contributed by atoms with Gasteiger partial charge in [0.25, 0.3) is 0 Å². The fourth-order valence-corrected chi connectivity index (χ4v) is 1.34. The second-order valence-electron chi connectivity index (χ2n) is 2.94. The van der Waals surface area contributed by atoms with E-state index in [1.807, 2.05) is 0 Å². The molecule has 0 spiro atoms. The molecule has 0 fully saturated rings. The Hall–Kier alpha value is -2.26. The van der Waals surface area contributed by atoms with Gasteiger partial charge in [0, 0.05) is 6.07 Å². The van der Waals surface area contributed by atoms with E-state index < -0.39 is 23.9 Å². The number of nitriles is 2. The standard InChI is InChI=1S/C10H4BrF3N4O/c11-6-1-8(18-17-5(3-15)4-16)9(2-7(6)12)19-10(13)14/h1-2,10,18H. The highest BCUT2D eigenvalue weighted by molar-refractivity contribution is 9.10. The monoisotopic (exact) mass is 332 g/mol. The number of hydrogen-bond acceptors (Lipinski definition) is 5. The number of nitrogens with zero attached hydrogens (tertiary/aromatic N) is 3. The maximum atomic E-state index is 13.2. The molecular formula is C10H4BrF3N4O. The normalized spacial score (nSPS) is 9.42. The van der Waals surface area contributed by atoms with Gasteiger partial charge in [0.05, 0.1) is 10.2 Å². The van der Waals surface area contributed by atoms with Crippen LogP contribution in [0.3, 0.4) is 0 Å². The smallest absolute Gasteiger partial charge is 0.387 e. The Balaban J connectivity index is 3.12. The van der Waals surface area contributed by atoms with E-state index in [4.69, 9.17) is 10.5 Å². The molecule has 0 aromatic heterocycles. The van der Waals surface area contributed by atoms with Crippen molar-refractivity contribution in [3.05, 3.63) is 22.4 Å². The molecular weight excluding hydrogens is 329 g/mol. The summed E-state index contributed by atoms with van der Waals surface area (Å²) in [7, 11) is 0. The predicted molar refractivity (Wildman–Crippen MR) is 63.0 cm³/mol. The fourth-order valence-electron chi connectivity index (χ4n) is 1.00. The summed E-state index contributed by atoms with van der Waals surface area (Å²) in [5.74, 6) is -1.32. The molecule has 0 saturated carbocycles. The highest BCUT2D eigenvalue weighted by Gasteiger charge is 2.13. The second-order valence-corrected chi connectivity index (χ2v) is 3.79. The molecule has 0 aliphatic rings. The maximum absolute atomic E-state index is 13.2. The fraction of sp³-hybridized carbons (Fsp3) is 0.100. The SMILES string of the molecule is N#CC(C#N)=NNc1cc(Br)c(F)cc1OC(F)F. The Bertz CT molecular complexity index is 576. The number of hydrogen-bond donors (Lipinski definition) is 1. The van der Waals surface area contributed by atoms with E-state index in [2.05, 4.69) is 31.2 Å². The van der Waals surface area contributed by atoms with Gasteiger partial charge in [-0.2, -0.15) is 24.4 Å². The Kier molecular flexibility index (Phi) is 5.15. The molecule has 1 aromatic rings. The van der Waals surface area contributed by atoms with Gasteiger partial charge >= 0.3 is 6.61 Å². The van der Waals surface area contributed by atoms with Gasteiger partial charge in [0.2, 0.25) is 5.71 Å². The number of hydrazone groups is 1. The lowest BCUT2D eigenvalue weighted by Crippen LogP contribution is -2.06. The number of benzene rings is 1. The number of anilines is 1. The van der Waals surface area contributed by atoms with Crippen LogP contribution in [-0.2, 0) is 0 Å². The molecule has 0 aliphatic heterocycles. The molecule has 0 bridgehead atoms. The summed E-state index contributed by atoms with van der Waals surface area (Å²) in [4.78, 5) is 0. The first-order valence-electron chi connectivity index (χ1n) is 4.55. The summed E-state index contributed by atoms with van der Waals surface area (Å²) in [6, 6.07) is 4.72. The molecule has 19 heavy (non-hydrogen) atoms. The van der Waals surface area contributed by atoms with Crippen molar-refractivity contribution in [2.45, 2.75) is 6.61 Å². The largest absolute Gasteiger partial charge is 0.432 e. The third-order valence-electron chi connectivity index (χ3n) is 1.74. The number of halogens is 4. The summed E-state index contributed by atoms with van der Waals surface area (Å²) in [5.41, 5.74) is 1.52. The van der Waals surface area contributed by atoms with Crippen LogP contribution in [0.2, 0.25) is 0 Å². The van der Waals surface area contributed by atoms with E-state index in [0.29, 0.717) is 6.07 Å². The average Bonchev–Trinajstić information content (AvgIpc) is 2.35. The molecule has 0 radical (unpaired) electrons. The van der Waals surface area contributed by atoms with Crippen molar-refractivity contribution < 1.29 is 17.9 Å². The van der Waals surface area contributed by atoms with Crippen LogP contribution in [0.5, 0.6) is 5.75 Å². The van der Waals surface area contributed by atoms with Gasteiger partial charge in [-0.25, -0.2) is 4.39 Å². The Labute approximate surface area is 114 Å². The van der Waals surface area contributed by atoms with Crippen LogP contribution < -0.4 is 10.2 Å². The van der Waals surface area contributed by atoms with Gasteiger partial charge in [-0.3, -0.25) is 5.43 Å². The Morgan fingerprint density at radius 1 is 1.37 bits per heavy atom. The minimum absolute atomic E-state index is 0.0257. The van der Waals surface area contributed by atoms with Crippen molar-refractivity contribution in [2.24, 2.45) is 5.10 Å². The molecule has 1 N–H and O–H groups in total. The summed E-state index contributed by atoms with van der Waals surface area (Å²) in [6.45, 7) is -3.16. The van der Waals surface area contributed by atoms with E-state index in [9.17, 15) is 13.2 Å². The van der Waals surface area contributed by atoms with Crippen LogP contribution in [0.4, 0.5) is 18.9 Å². The number of rotatable bonds is 4. The van der Waals surface area contributed by atoms with Gasteiger partial charge in [0.15, 0.2) is 5.75 Å². The third-order valence-corrected chi connectivity index (χ3v) is 2.35. The van der Waals surface area contributed by atoms with Crippen LogP contribution in [0.1, 0.15) is 0 Å². The molecule has 0 unspecified atom stereocenters. The van der Waals surface area contributed by atoms with Crippen LogP contribution in [0.25, 0.3) is 0 Å².